The molecule has 0 saturated heterocycles. The van der Waals surface area contributed by atoms with Gasteiger partial charge in [0.05, 0.1) is 39.8 Å². The van der Waals surface area contributed by atoms with Gasteiger partial charge in [-0.05, 0) is 95.7 Å². The monoisotopic (exact) mass is 581 g/mol. The molecule has 1 heterocycles. The van der Waals surface area contributed by atoms with Crippen molar-refractivity contribution in [3.05, 3.63) is 85.1 Å². The molecule has 3 aromatic carbocycles. The van der Waals surface area contributed by atoms with Gasteiger partial charge in [-0.25, -0.2) is 4.98 Å². The lowest BCUT2D eigenvalue weighted by molar-refractivity contribution is 0.241. The molecule has 0 aliphatic rings. The molecular weight excluding hydrogens is 554 g/mol. The topological polar surface area (TPSA) is 65.7 Å². The predicted molar refractivity (Wildman–Crippen MR) is 155 cm³/mol. The number of nitrogens with zero attached hydrogens (tertiary/aromatic N) is 3. The maximum atomic E-state index is 13.6. The standard InChI is InChI=1S/C29H29BrClN3O3/c1-16(2)21-14-22(18(5)11-26(21)36-6)28-33-25-10-8-7-9-20(25)29(35)34(28)32-15-19-12-23(30)27(24(31)13-19)37-17(3)4/h7-17H,1-6H3. The van der Waals surface area contributed by atoms with Gasteiger partial charge in [-0.15, -0.1) is 0 Å². The van der Waals surface area contributed by atoms with Crippen LogP contribution in [0.1, 0.15) is 50.3 Å². The van der Waals surface area contributed by atoms with E-state index < -0.39 is 0 Å². The summed E-state index contributed by atoms with van der Waals surface area (Å²) in [6, 6.07) is 14.9. The van der Waals surface area contributed by atoms with Crippen LogP contribution in [0.25, 0.3) is 22.3 Å². The Balaban J connectivity index is 1.92. The normalized spacial score (nSPS) is 11.7. The van der Waals surface area contributed by atoms with Crippen LogP contribution in [0, 0.1) is 6.92 Å². The highest BCUT2D eigenvalue weighted by Gasteiger charge is 2.18. The fraction of sp³-hybridized carbons (Fsp3) is 0.276. The molecule has 0 radical (unpaired) electrons. The van der Waals surface area contributed by atoms with Crippen LogP contribution in [0.15, 0.2) is 62.9 Å². The molecule has 0 unspecified atom stereocenters. The van der Waals surface area contributed by atoms with E-state index in [9.17, 15) is 4.79 Å². The van der Waals surface area contributed by atoms with Crippen LogP contribution < -0.4 is 15.0 Å². The number of hydrogen-bond donors (Lipinski definition) is 0. The molecule has 0 spiro atoms. The van der Waals surface area contributed by atoms with E-state index in [1.807, 2.05) is 57.2 Å². The number of halogens is 2. The van der Waals surface area contributed by atoms with Crippen molar-refractivity contribution in [2.45, 2.75) is 46.6 Å². The second-order valence-corrected chi connectivity index (χ2v) is 10.6. The third kappa shape index (κ3) is 5.58. The van der Waals surface area contributed by atoms with Gasteiger partial charge in [-0.1, -0.05) is 37.6 Å². The van der Waals surface area contributed by atoms with Crippen LogP contribution in [0.5, 0.6) is 11.5 Å². The first-order valence-electron chi connectivity index (χ1n) is 12.0. The van der Waals surface area contributed by atoms with E-state index >= 15 is 0 Å². The van der Waals surface area contributed by atoms with E-state index in [2.05, 4.69) is 34.9 Å². The Bertz CT molecular complexity index is 1540. The fourth-order valence-electron chi connectivity index (χ4n) is 4.10. The smallest absolute Gasteiger partial charge is 0.282 e. The maximum absolute atomic E-state index is 13.6. The number of aromatic nitrogens is 2. The Morgan fingerprint density at radius 3 is 2.49 bits per heavy atom. The Kier molecular flexibility index (Phi) is 8.05. The highest BCUT2D eigenvalue weighted by atomic mass is 79.9. The molecule has 4 rings (SSSR count). The molecule has 0 aliphatic heterocycles. The van der Waals surface area contributed by atoms with Crippen molar-refractivity contribution in [1.29, 1.82) is 0 Å². The Hall–Kier alpha value is -3.16. The Labute approximate surface area is 230 Å². The number of rotatable bonds is 7. The second-order valence-electron chi connectivity index (χ2n) is 9.36. The molecule has 6 nitrogen and oxygen atoms in total. The van der Waals surface area contributed by atoms with Gasteiger partial charge in [-0.2, -0.15) is 9.78 Å². The third-order valence-corrected chi connectivity index (χ3v) is 6.76. The summed E-state index contributed by atoms with van der Waals surface area (Å²) in [5.74, 6) is 2.03. The molecular formula is C29H29BrClN3O3. The van der Waals surface area contributed by atoms with E-state index in [0.29, 0.717) is 37.5 Å². The maximum Gasteiger partial charge on any atom is 0.282 e. The quantitative estimate of drug-likeness (QED) is 0.211. The van der Waals surface area contributed by atoms with Crippen molar-refractivity contribution >= 4 is 44.6 Å². The molecule has 0 N–H and O–H groups in total. The lowest BCUT2D eigenvalue weighted by Gasteiger charge is -2.17. The summed E-state index contributed by atoms with van der Waals surface area (Å²) in [4.78, 5) is 18.5. The van der Waals surface area contributed by atoms with Crippen LogP contribution in [-0.4, -0.2) is 29.1 Å². The average molecular weight is 583 g/mol. The molecule has 0 amide bonds. The summed E-state index contributed by atoms with van der Waals surface area (Å²) >= 11 is 10.0. The molecule has 0 aliphatic carbocycles. The van der Waals surface area contributed by atoms with Crippen LogP contribution in [0.3, 0.4) is 0 Å². The van der Waals surface area contributed by atoms with Crippen molar-refractivity contribution in [3.63, 3.8) is 0 Å². The van der Waals surface area contributed by atoms with E-state index in [0.717, 1.165) is 22.4 Å². The summed E-state index contributed by atoms with van der Waals surface area (Å²) < 4.78 is 13.5. The minimum absolute atomic E-state index is 0.0263. The number of fused-ring (bicyclic) bond motifs is 1. The van der Waals surface area contributed by atoms with Gasteiger partial charge in [0.2, 0.25) is 0 Å². The molecule has 4 aromatic rings. The predicted octanol–water partition coefficient (Wildman–Crippen LogP) is 7.59. The van der Waals surface area contributed by atoms with Crippen molar-refractivity contribution in [2.24, 2.45) is 5.10 Å². The number of benzene rings is 3. The minimum atomic E-state index is -0.261. The first kappa shape index (κ1) is 26.9. The molecule has 192 valence electrons. The van der Waals surface area contributed by atoms with Crippen molar-refractivity contribution in [1.82, 2.24) is 9.66 Å². The zero-order chi connectivity index (χ0) is 26.9. The van der Waals surface area contributed by atoms with Crippen molar-refractivity contribution in [3.8, 4) is 22.9 Å². The summed E-state index contributed by atoms with van der Waals surface area (Å²) in [7, 11) is 1.66. The lowest BCUT2D eigenvalue weighted by atomic mass is 9.96. The van der Waals surface area contributed by atoms with Gasteiger partial charge in [0.15, 0.2) is 11.6 Å². The number of ether oxygens (including phenoxy) is 2. The molecule has 8 heteroatoms. The minimum Gasteiger partial charge on any atom is -0.496 e. The Morgan fingerprint density at radius 2 is 1.84 bits per heavy atom. The number of hydrogen-bond acceptors (Lipinski definition) is 5. The van der Waals surface area contributed by atoms with E-state index in [-0.39, 0.29) is 17.6 Å². The van der Waals surface area contributed by atoms with E-state index in [1.165, 1.54) is 4.68 Å². The largest absolute Gasteiger partial charge is 0.496 e. The second kappa shape index (κ2) is 11.1. The molecule has 37 heavy (non-hydrogen) atoms. The van der Waals surface area contributed by atoms with Crippen LogP contribution in [-0.2, 0) is 0 Å². The number of methoxy groups -OCH3 is 1. The van der Waals surface area contributed by atoms with Crippen LogP contribution >= 0.6 is 27.5 Å². The molecule has 0 saturated carbocycles. The third-order valence-electron chi connectivity index (χ3n) is 5.89. The zero-order valence-electron chi connectivity index (χ0n) is 21.7. The van der Waals surface area contributed by atoms with Gasteiger partial charge in [0.1, 0.15) is 5.75 Å². The Morgan fingerprint density at radius 1 is 1.11 bits per heavy atom. The number of aryl methyl sites for hydroxylation is 1. The van der Waals surface area contributed by atoms with E-state index in [4.69, 9.17) is 26.1 Å². The molecule has 1 aromatic heterocycles. The fourth-order valence-corrected chi connectivity index (χ4v) is 5.06. The van der Waals surface area contributed by atoms with Gasteiger partial charge in [0.25, 0.3) is 5.56 Å². The van der Waals surface area contributed by atoms with Crippen molar-refractivity contribution in [2.75, 3.05) is 7.11 Å². The number of para-hydroxylation sites is 1. The zero-order valence-corrected chi connectivity index (χ0v) is 24.0. The summed E-state index contributed by atoms with van der Waals surface area (Å²) in [5, 5.41) is 5.53. The van der Waals surface area contributed by atoms with Gasteiger partial charge < -0.3 is 9.47 Å². The highest BCUT2D eigenvalue weighted by Crippen LogP contribution is 2.36. The molecule has 0 atom stereocenters. The average Bonchev–Trinajstić information content (AvgIpc) is 2.85. The molecule has 0 fully saturated rings. The van der Waals surface area contributed by atoms with Crippen LogP contribution in [0.4, 0.5) is 0 Å². The lowest BCUT2D eigenvalue weighted by Crippen LogP contribution is -2.20. The highest BCUT2D eigenvalue weighted by molar-refractivity contribution is 9.10. The van der Waals surface area contributed by atoms with Crippen molar-refractivity contribution < 1.29 is 9.47 Å². The van der Waals surface area contributed by atoms with E-state index in [1.54, 1.807) is 25.5 Å². The SMILES string of the molecule is COc1cc(C)c(-c2nc3ccccc3c(=O)n2N=Cc2cc(Cl)c(OC(C)C)c(Br)c2)cc1C(C)C. The summed E-state index contributed by atoms with van der Waals surface area (Å²) in [5.41, 5.74) is 3.81. The first-order valence-corrected chi connectivity index (χ1v) is 13.2. The first-order chi connectivity index (χ1) is 17.6. The van der Waals surface area contributed by atoms with Gasteiger partial charge >= 0.3 is 0 Å². The van der Waals surface area contributed by atoms with Crippen LogP contribution in [0.2, 0.25) is 5.02 Å². The molecule has 0 bridgehead atoms. The summed E-state index contributed by atoms with van der Waals surface area (Å²) in [6.07, 6.45) is 1.57. The van der Waals surface area contributed by atoms with Gasteiger partial charge in [-0.3, -0.25) is 4.79 Å². The summed E-state index contributed by atoms with van der Waals surface area (Å²) in [6.45, 7) is 10.0. The van der Waals surface area contributed by atoms with Gasteiger partial charge in [0, 0.05) is 5.56 Å².